The largest absolute Gasteiger partial charge is 0.480 e. The molecule has 2 aliphatic heterocycles. The quantitative estimate of drug-likeness (QED) is 0.522. The first kappa shape index (κ1) is 31.1. The van der Waals surface area contributed by atoms with Gasteiger partial charge in [0, 0.05) is 19.2 Å². The van der Waals surface area contributed by atoms with E-state index in [-0.39, 0.29) is 40.4 Å². The molecular weight excluding hydrogens is 554 g/mol. The summed E-state index contributed by atoms with van der Waals surface area (Å²) in [6.07, 6.45) is 2.19. The number of nitrogens with zero attached hydrogens (tertiary/aromatic N) is 2. The van der Waals surface area contributed by atoms with Gasteiger partial charge in [-0.2, -0.15) is 8.61 Å². The molecule has 2 fully saturated rings. The maximum Gasteiger partial charge on any atom is 0.322 e. The van der Waals surface area contributed by atoms with E-state index >= 15 is 0 Å². The van der Waals surface area contributed by atoms with Crippen LogP contribution in [0.4, 0.5) is 8.78 Å². The van der Waals surface area contributed by atoms with Crippen molar-refractivity contribution < 1.29 is 40.3 Å². The van der Waals surface area contributed by atoms with Gasteiger partial charge in [0.2, 0.25) is 20.0 Å². The molecular formula is C26H34F2N2O7S2. The van der Waals surface area contributed by atoms with Gasteiger partial charge in [0.1, 0.15) is 17.7 Å². The molecule has 13 heteroatoms. The molecule has 0 bridgehead atoms. The molecule has 39 heavy (non-hydrogen) atoms. The summed E-state index contributed by atoms with van der Waals surface area (Å²) in [7, 11) is -5.96. The van der Waals surface area contributed by atoms with Gasteiger partial charge >= 0.3 is 5.97 Å². The Morgan fingerprint density at radius 2 is 1.23 bits per heavy atom. The summed E-state index contributed by atoms with van der Waals surface area (Å²) in [5, 5.41) is 9.09. The number of halogens is 2. The zero-order valence-corrected chi connectivity index (χ0v) is 23.8. The molecule has 0 aromatic heterocycles. The van der Waals surface area contributed by atoms with E-state index in [1.165, 1.54) is 28.6 Å². The number of carboxylic acid groups (broad SMARTS) is 1. The monoisotopic (exact) mass is 588 g/mol. The summed E-state index contributed by atoms with van der Waals surface area (Å²) in [5.74, 6) is -2.14. The van der Waals surface area contributed by atoms with Crippen molar-refractivity contribution in [2.75, 3.05) is 7.11 Å². The molecule has 4 rings (SSSR count). The van der Waals surface area contributed by atoms with Crippen molar-refractivity contribution in [1.29, 1.82) is 0 Å². The lowest BCUT2D eigenvalue weighted by Crippen LogP contribution is -2.45. The number of rotatable bonds is 7. The fourth-order valence-electron chi connectivity index (χ4n) is 5.06. The second-order valence-electron chi connectivity index (χ2n) is 9.79. The van der Waals surface area contributed by atoms with E-state index in [4.69, 9.17) is 9.84 Å². The first-order chi connectivity index (χ1) is 18.2. The molecule has 216 valence electrons. The minimum atomic E-state index is -3.91. The highest BCUT2D eigenvalue weighted by atomic mass is 32.2. The minimum Gasteiger partial charge on any atom is -0.480 e. The van der Waals surface area contributed by atoms with Crippen LogP contribution in [0.15, 0.2) is 58.3 Å². The summed E-state index contributed by atoms with van der Waals surface area (Å²) >= 11 is 0. The maximum absolute atomic E-state index is 13.0. The summed E-state index contributed by atoms with van der Waals surface area (Å²) in [4.78, 5) is 11.2. The Balaban J connectivity index is 0.000000216. The highest BCUT2D eigenvalue weighted by molar-refractivity contribution is 7.89. The summed E-state index contributed by atoms with van der Waals surface area (Å²) < 4.78 is 83.9. The molecule has 9 nitrogen and oxygen atoms in total. The van der Waals surface area contributed by atoms with Crippen LogP contribution in [0.5, 0.6) is 0 Å². The van der Waals surface area contributed by atoms with E-state index in [2.05, 4.69) is 0 Å². The lowest BCUT2D eigenvalue weighted by Gasteiger charge is -2.30. The molecule has 1 N–H and O–H groups in total. The van der Waals surface area contributed by atoms with Gasteiger partial charge in [-0.05, 0) is 95.0 Å². The topological polar surface area (TPSA) is 121 Å². The van der Waals surface area contributed by atoms with Crippen LogP contribution in [0.1, 0.15) is 46.5 Å². The van der Waals surface area contributed by atoms with Crippen molar-refractivity contribution >= 4 is 26.0 Å². The maximum atomic E-state index is 13.0. The second-order valence-corrected chi connectivity index (χ2v) is 13.5. The first-order valence-corrected chi connectivity index (χ1v) is 15.4. The fraction of sp³-hybridized carbons (Fsp3) is 0.500. The number of aliphatic carboxylic acids is 1. The highest BCUT2D eigenvalue weighted by Crippen LogP contribution is 2.33. The van der Waals surface area contributed by atoms with Crippen molar-refractivity contribution in [2.24, 2.45) is 0 Å². The average molecular weight is 589 g/mol. The molecule has 0 aliphatic carbocycles. The molecule has 2 aliphatic rings. The number of sulfonamides is 2. The van der Waals surface area contributed by atoms with E-state index in [0.29, 0.717) is 6.42 Å². The highest BCUT2D eigenvalue weighted by Gasteiger charge is 2.44. The Hall–Kier alpha value is -2.45. The summed E-state index contributed by atoms with van der Waals surface area (Å²) in [6.45, 7) is 5.43. The summed E-state index contributed by atoms with van der Waals surface area (Å²) in [5.41, 5.74) is 0. The Morgan fingerprint density at radius 1 is 0.821 bits per heavy atom. The molecule has 2 aromatic carbocycles. The third-order valence-corrected chi connectivity index (χ3v) is 11.3. The molecule has 0 saturated carbocycles. The molecule has 2 aromatic rings. The van der Waals surface area contributed by atoms with Crippen molar-refractivity contribution in [3.63, 3.8) is 0 Å². The summed E-state index contributed by atoms with van der Waals surface area (Å²) in [6, 6.07) is 7.66. The van der Waals surface area contributed by atoms with E-state index in [1.54, 1.807) is 14.0 Å². The number of ether oxygens (including phenoxy) is 1. The smallest absolute Gasteiger partial charge is 0.322 e. The third kappa shape index (κ3) is 6.65. The normalized spacial score (nSPS) is 25.2. The van der Waals surface area contributed by atoms with Gasteiger partial charge in [-0.25, -0.2) is 25.6 Å². The molecule has 1 unspecified atom stereocenters. The van der Waals surface area contributed by atoms with E-state index < -0.39 is 43.7 Å². The van der Waals surface area contributed by atoms with Crippen LogP contribution < -0.4 is 0 Å². The van der Waals surface area contributed by atoms with Crippen LogP contribution in [0.3, 0.4) is 0 Å². The molecule has 2 heterocycles. The van der Waals surface area contributed by atoms with Crippen molar-refractivity contribution in [2.45, 2.75) is 86.5 Å². The number of benzene rings is 2. The average Bonchev–Trinajstić information content (AvgIpc) is 3.48. The zero-order valence-electron chi connectivity index (χ0n) is 22.2. The second kappa shape index (κ2) is 12.4. The Bertz CT molecular complexity index is 1350. The minimum absolute atomic E-state index is 0.0762. The zero-order chi connectivity index (χ0) is 29.1. The number of hydrogen-bond donors (Lipinski definition) is 1. The Morgan fingerprint density at radius 3 is 1.67 bits per heavy atom. The Kier molecular flexibility index (Phi) is 9.87. The van der Waals surface area contributed by atoms with Gasteiger partial charge in [-0.3, -0.25) is 4.79 Å². The van der Waals surface area contributed by atoms with E-state index in [1.807, 2.05) is 13.8 Å². The molecule has 0 amide bonds. The van der Waals surface area contributed by atoms with Crippen LogP contribution in [-0.2, 0) is 29.6 Å². The lowest BCUT2D eigenvalue weighted by atomic mass is 10.1. The van der Waals surface area contributed by atoms with Crippen molar-refractivity contribution in [3.8, 4) is 0 Å². The van der Waals surface area contributed by atoms with Crippen LogP contribution in [-0.4, -0.2) is 73.9 Å². The molecule has 5 atom stereocenters. The van der Waals surface area contributed by atoms with Crippen molar-refractivity contribution in [1.82, 2.24) is 8.61 Å². The molecule has 0 spiro atoms. The lowest BCUT2D eigenvalue weighted by molar-refractivity contribution is -0.140. The van der Waals surface area contributed by atoms with Gasteiger partial charge in [0.25, 0.3) is 0 Å². The molecule has 0 radical (unpaired) electrons. The van der Waals surface area contributed by atoms with Gasteiger partial charge in [-0.15, -0.1) is 0 Å². The standard InChI is InChI=1S/C14H20FNO3S.C12H14FNO4S/c1-10-4-9-14(11(2)19-3)16(10)20(17,18)13-7-5-12(15)6-8-13;1-8-2-7-11(12(15)16)14(8)19(17,18)10-5-3-9(13)4-6-10/h5-8,10-11,14H,4,9H2,1-3H3;3-6,8,11H,2,7H2,1H3,(H,15,16)/t10-,11?,14-;8-,11-/m00/s1. The number of methoxy groups -OCH3 is 1. The first-order valence-electron chi connectivity index (χ1n) is 12.6. The van der Waals surface area contributed by atoms with E-state index in [9.17, 15) is 30.4 Å². The van der Waals surface area contributed by atoms with Crippen molar-refractivity contribution in [3.05, 3.63) is 60.2 Å². The third-order valence-electron chi connectivity index (χ3n) is 7.22. The number of carbonyl (C=O) groups is 1. The van der Waals surface area contributed by atoms with Crippen LogP contribution in [0.2, 0.25) is 0 Å². The number of hydrogen-bond acceptors (Lipinski definition) is 6. The van der Waals surface area contributed by atoms with Crippen LogP contribution in [0, 0.1) is 11.6 Å². The molecule has 2 saturated heterocycles. The predicted octanol–water partition coefficient (Wildman–Crippen LogP) is 3.85. The SMILES string of the molecule is COC(C)[C@@H]1CC[C@H](C)N1S(=O)(=O)c1ccc(F)cc1.C[C@H]1CC[C@@H](C(=O)O)N1S(=O)(=O)c1ccc(F)cc1. The van der Waals surface area contributed by atoms with Gasteiger partial charge < -0.3 is 9.84 Å². The predicted molar refractivity (Wildman–Crippen MR) is 140 cm³/mol. The van der Waals surface area contributed by atoms with Gasteiger partial charge in [-0.1, -0.05) is 0 Å². The fourth-order valence-corrected chi connectivity index (χ4v) is 8.83. The van der Waals surface area contributed by atoms with Crippen LogP contribution in [0.25, 0.3) is 0 Å². The number of carboxylic acids is 1. The van der Waals surface area contributed by atoms with Crippen LogP contribution >= 0.6 is 0 Å². The van der Waals surface area contributed by atoms with Gasteiger partial charge in [0.05, 0.1) is 21.9 Å². The van der Waals surface area contributed by atoms with E-state index in [0.717, 1.165) is 41.4 Å². The Labute approximate surface area is 228 Å². The van der Waals surface area contributed by atoms with Gasteiger partial charge in [0.15, 0.2) is 0 Å².